The Morgan fingerprint density at radius 3 is 2.83 bits per heavy atom. The molecule has 2 N–H and O–H groups in total. The zero-order valence-electron chi connectivity index (χ0n) is 9.67. The quantitative estimate of drug-likeness (QED) is 0.643. The van der Waals surface area contributed by atoms with Gasteiger partial charge in [0.2, 0.25) is 5.95 Å². The molecule has 0 saturated carbocycles. The number of nitrogens with two attached hydrogens (primary N) is 1. The normalized spacial score (nSPS) is 13.3. The van der Waals surface area contributed by atoms with Gasteiger partial charge in [0.05, 0.1) is 5.69 Å². The van der Waals surface area contributed by atoms with Crippen LogP contribution in [0.25, 0.3) is 16.9 Å². The number of aromatic nitrogens is 4. The number of hydrogen-bond donors (Lipinski definition) is 1. The van der Waals surface area contributed by atoms with E-state index < -0.39 is 0 Å². The van der Waals surface area contributed by atoms with Gasteiger partial charge in [-0.25, -0.2) is 0 Å². The molecule has 0 atom stereocenters. The maximum Gasteiger partial charge on any atom is 0.243 e. The van der Waals surface area contributed by atoms with E-state index in [2.05, 4.69) is 33.5 Å². The van der Waals surface area contributed by atoms with E-state index in [0.717, 1.165) is 18.5 Å². The van der Waals surface area contributed by atoms with Crippen LogP contribution in [0.15, 0.2) is 30.3 Å². The van der Waals surface area contributed by atoms with E-state index in [1.165, 1.54) is 16.7 Å². The van der Waals surface area contributed by atoms with Crippen LogP contribution in [0.1, 0.15) is 11.1 Å². The third kappa shape index (κ3) is 1.18. The first-order valence-electron chi connectivity index (χ1n) is 5.92. The molecule has 0 saturated heterocycles. The summed E-state index contributed by atoms with van der Waals surface area (Å²) in [5.41, 5.74) is 11.2. The van der Waals surface area contributed by atoms with Crippen LogP contribution in [0.4, 0.5) is 5.95 Å². The molecule has 2 aromatic heterocycles. The molecular weight excluding hydrogens is 226 g/mol. The standard InChI is InChI=1S/C13H11N5/c14-13-16-15-11-7-9-6-5-8-3-1-2-4-10(8)12(9)17-18(11)13/h1-4,7H,5-6H2,(H2,14,16). The first-order valence-corrected chi connectivity index (χ1v) is 5.92. The zero-order chi connectivity index (χ0) is 12.1. The highest BCUT2D eigenvalue weighted by Gasteiger charge is 2.19. The Kier molecular flexibility index (Phi) is 1.75. The summed E-state index contributed by atoms with van der Waals surface area (Å²) in [4.78, 5) is 0. The molecule has 18 heavy (non-hydrogen) atoms. The molecule has 0 radical (unpaired) electrons. The molecule has 0 fully saturated rings. The van der Waals surface area contributed by atoms with Crippen LogP contribution in [-0.4, -0.2) is 19.8 Å². The van der Waals surface area contributed by atoms with Crippen molar-refractivity contribution < 1.29 is 0 Å². The van der Waals surface area contributed by atoms with E-state index in [4.69, 9.17) is 5.73 Å². The van der Waals surface area contributed by atoms with Gasteiger partial charge in [-0.15, -0.1) is 10.2 Å². The molecule has 1 aliphatic carbocycles. The van der Waals surface area contributed by atoms with Crippen molar-refractivity contribution in [1.82, 2.24) is 19.8 Å². The second-order valence-electron chi connectivity index (χ2n) is 4.50. The molecule has 3 aromatic rings. The topological polar surface area (TPSA) is 69.1 Å². The molecule has 0 amide bonds. The lowest BCUT2D eigenvalue weighted by Crippen LogP contribution is -2.09. The van der Waals surface area contributed by atoms with Crippen LogP contribution in [0, 0.1) is 0 Å². The minimum atomic E-state index is 0.329. The van der Waals surface area contributed by atoms with Gasteiger partial charge in [0.25, 0.3) is 0 Å². The second-order valence-corrected chi connectivity index (χ2v) is 4.50. The minimum absolute atomic E-state index is 0.329. The number of rotatable bonds is 0. The average Bonchev–Trinajstić information content (AvgIpc) is 2.78. The lowest BCUT2D eigenvalue weighted by atomic mass is 9.89. The maximum atomic E-state index is 5.76. The first kappa shape index (κ1) is 9.58. The van der Waals surface area contributed by atoms with Crippen LogP contribution < -0.4 is 5.73 Å². The van der Waals surface area contributed by atoms with Crippen LogP contribution in [0.2, 0.25) is 0 Å². The van der Waals surface area contributed by atoms with Crippen molar-refractivity contribution in [2.24, 2.45) is 0 Å². The molecule has 2 heterocycles. The first-order chi connectivity index (χ1) is 8.83. The van der Waals surface area contributed by atoms with E-state index >= 15 is 0 Å². The fourth-order valence-corrected chi connectivity index (χ4v) is 2.54. The lowest BCUT2D eigenvalue weighted by molar-refractivity contribution is 0.873. The Balaban J connectivity index is 2.08. The van der Waals surface area contributed by atoms with Crippen LogP contribution in [-0.2, 0) is 12.8 Å². The Morgan fingerprint density at radius 2 is 1.89 bits per heavy atom. The summed E-state index contributed by atoms with van der Waals surface area (Å²) in [5.74, 6) is 0.329. The second kappa shape index (κ2) is 3.29. The summed E-state index contributed by atoms with van der Waals surface area (Å²) in [7, 11) is 0. The molecule has 88 valence electrons. The van der Waals surface area contributed by atoms with Gasteiger partial charge < -0.3 is 5.73 Å². The molecule has 0 unspecified atom stereocenters. The number of anilines is 1. The Morgan fingerprint density at radius 1 is 1.06 bits per heavy atom. The largest absolute Gasteiger partial charge is 0.366 e. The zero-order valence-corrected chi connectivity index (χ0v) is 9.67. The molecule has 1 aliphatic rings. The van der Waals surface area contributed by atoms with Crippen molar-refractivity contribution in [1.29, 1.82) is 0 Å². The molecule has 5 nitrogen and oxygen atoms in total. The third-order valence-electron chi connectivity index (χ3n) is 3.43. The molecule has 1 aromatic carbocycles. The highest BCUT2D eigenvalue weighted by molar-refractivity contribution is 5.70. The van der Waals surface area contributed by atoms with Gasteiger partial charge in [0.15, 0.2) is 5.65 Å². The Bertz CT molecular complexity index is 759. The molecule has 5 heteroatoms. The number of nitrogen functional groups attached to an aromatic ring is 1. The van der Waals surface area contributed by atoms with Crippen LogP contribution >= 0.6 is 0 Å². The number of fused-ring (bicyclic) bond motifs is 4. The summed E-state index contributed by atoms with van der Waals surface area (Å²) in [5, 5.41) is 12.4. The van der Waals surface area contributed by atoms with Crippen LogP contribution in [0.5, 0.6) is 0 Å². The predicted octanol–water partition coefficient (Wildman–Crippen LogP) is 1.47. The maximum absolute atomic E-state index is 5.76. The minimum Gasteiger partial charge on any atom is -0.366 e. The van der Waals surface area contributed by atoms with Crippen molar-refractivity contribution in [2.75, 3.05) is 5.73 Å². The third-order valence-corrected chi connectivity index (χ3v) is 3.43. The summed E-state index contributed by atoms with van der Waals surface area (Å²) < 4.78 is 1.60. The van der Waals surface area contributed by atoms with Gasteiger partial charge >= 0.3 is 0 Å². The highest BCUT2D eigenvalue weighted by Crippen LogP contribution is 2.31. The summed E-state index contributed by atoms with van der Waals surface area (Å²) in [6.07, 6.45) is 2.03. The predicted molar refractivity (Wildman–Crippen MR) is 68.0 cm³/mol. The van der Waals surface area contributed by atoms with E-state index in [-0.39, 0.29) is 0 Å². The van der Waals surface area contributed by atoms with Gasteiger partial charge in [-0.3, -0.25) is 0 Å². The number of hydrogen-bond acceptors (Lipinski definition) is 4. The lowest BCUT2D eigenvalue weighted by Gasteiger charge is -2.18. The van der Waals surface area contributed by atoms with E-state index in [9.17, 15) is 0 Å². The molecule has 0 spiro atoms. The summed E-state index contributed by atoms with van der Waals surface area (Å²) in [6.45, 7) is 0. The fourth-order valence-electron chi connectivity index (χ4n) is 2.54. The summed E-state index contributed by atoms with van der Waals surface area (Å²) >= 11 is 0. The van der Waals surface area contributed by atoms with Crippen molar-refractivity contribution in [2.45, 2.75) is 12.8 Å². The van der Waals surface area contributed by atoms with Crippen LogP contribution in [0.3, 0.4) is 0 Å². The monoisotopic (exact) mass is 237 g/mol. The van der Waals surface area contributed by atoms with Gasteiger partial charge in [0.1, 0.15) is 0 Å². The Labute approximate surface area is 103 Å². The molecule has 0 bridgehead atoms. The fraction of sp³-hybridized carbons (Fsp3) is 0.154. The van der Waals surface area contributed by atoms with Gasteiger partial charge in [-0.05, 0) is 30.0 Å². The van der Waals surface area contributed by atoms with E-state index in [1.807, 2.05) is 12.1 Å². The van der Waals surface area contributed by atoms with Crippen molar-refractivity contribution in [3.05, 3.63) is 41.5 Å². The smallest absolute Gasteiger partial charge is 0.243 e. The molecular formula is C13H11N5. The summed E-state index contributed by atoms with van der Waals surface area (Å²) in [6, 6.07) is 10.4. The van der Waals surface area contributed by atoms with E-state index in [0.29, 0.717) is 11.6 Å². The average molecular weight is 237 g/mol. The SMILES string of the molecule is Nc1nnc2cc3c(nn12)-c1ccccc1CC3. The molecule has 0 aliphatic heterocycles. The van der Waals surface area contributed by atoms with E-state index in [1.54, 1.807) is 4.52 Å². The number of aryl methyl sites for hydroxylation is 2. The van der Waals surface area contributed by atoms with Crippen molar-refractivity contribution in [3.8, 4) is 11.3 Å². The number of nitrogens with zero attached hydrogens (tertiary/aromatic N) is 4. The van der Waals surface area contributed by atoms with Crippen molar-refractivity contribution in [3.63, 3.8) is 0 Å². The van der Waals surface area contributed by atoms with Crippen molar-refractivity contribution >= 4 is 11.6 Å². The van der Waals surface area contributed by atoms with Gasteiger partial charge in [-0.1, -0.05) is 24.3 Å². The number of benzene rings is 1. The highest BCUT2D eigenvalue weighted by atomic mass is 15.4. The van der Waals surface area contributed by atoms with Gasteiger partial charge in [0, 0.05) is 5.56 Å². The van der Waals surface area contributed by atoms with Gasteiger partial charge in [-0.2, -0.15) is 9.61 Å². The Hall–Kier alpha value is -2.43. The molecule has 4 rings (SSSR count).